The van der Waals surface area contributed by atoms with Gasteiger partial charge >= 0.3 is 7.69 Å². The van der Waals surface area contributed by atoms with Crippen LogP contribution < -0.4 is 0 Å². The van der Waals surface area contributed by atoms with Crippen LogP contribution in [-0.2, 0) is 0 Å². The molecule has 1 rings (SSSR count). The van der Waals surface area contributed by atoms with Crippen molar-refractivity contribution < 1.29 is 23.2 Å². The van der Waals surface area contributed by atoms with E-state index in [4.69, 9.17) is 10.0 Å². The van der Waals surface area contributed by atoms with E-state index in [2.05, 4.69) is 0 Å². The molecule has 1 aromatic carbocycles. The smallest absolute Gasteiger partial charge is 0.429 e. The van der Waals surface area contributed by atoms with Gasteiger partial charge in [0.2, 0.25) is 0 Å². The molecule has 2 nitrogen and oxygen atoms in total. The second-order valence-electron chi connectivity index (χ2n) is 1.65. The SMILES string of the molecule is Fc1cccc(F)c1F.O[B]O. The van der Waals surface area contributed by atoms with Crippen molar-refractivity contribution in [3.63, 3.8) is 0 Å². The largest absolute Gasteiger partial charge is 0.482 e. The molecule has 0 aliphatic carbocycles. The van der Waals surface area contributed by atoms with E-state index in [1.807, 2.05) is 0 Å². The quantitative estimate of drug-likeness (QED) is 0.450. The highest BCUT2D eigenvalue weighted by atomic mass is 19.2. The average molecular weight is 177 g/mol. The highest BCUT2D eigenvalue weighted by molar-refractivity contribution is 6.13. The van der Waals surface area contributed by atoms with Crippen molar-refractivity contribution in [3.8, 4) is 0 Å². The van der Waals surface area contributed by atoms with Crippen molar-refractivity contribution in [2.24, 2.45) is 0 Å². The van der Waals surface area contributed by atoms with Crippen molar-refractivity contribution in [2.75, 3.05) is 0 Å². The molecule has 0 atom stereocenters. The Labute approximate surface area is 67.6 Å². The van der Waals surface area contributed by atoms with Gasteiger partial charge in [0, 0.05) is 0 Å². The minimum atomic E-state index is -1.42. The highest BCUT2D eigenvalue weighted by Gasteiger charge is 2.04. The van der Waals surface area contributed by atoms with Gasteiger partial charge in [-0.25, -0.2) is 13.2 Å². The normalized spacial score (nSPS) is 8.42. The standard InChI is InChI=1S/C6H3F3.BH2O2/c7-4-2-1-3-5(8)6(4)9;2-1-3/h1-3H;2-3H. The number of rotatable bonds is 0. The molecule has 1 radical (unpaired) electrons. The van der Waals surface area contributed by atoms with Gasteiger partial charge in [-0.05, 0) is 12.1 Å². The van der Waals surface area contributed by atoms with Gasteiger partial charge in [-0.3, -0.25) is 0 Å². The third-order valence-electron chi connectivity index (χ3n) is 0.904. The van der Waals surface area contributed by atoms with Crippen LogP contribution in [0.1, 0.15) is 0 Å². The Morgan fingerprint density at radius 3 is 1.58 bits per heavy atom. The van der Waals surface area contributed by atoms with Crippen molar-refractivity contribution in [1.29, 1.82) is 0 Å². The monoisotopic (exact) mass is 177 g/mol. The lowest BCUT2D eigenvalue weighted by atomic mass is 10.3. The zero-order valence-electron chi connectivity index (χ0n) is 5.84. The minimum Gasteiger partial charge on any atom is -0.429 e. The predicted molar refractivity (Wildman–Crippen MR) is 36.5 cm³/mol. The molecular formula is C6H5BF3O2. The molecule has 65 valence electrons. The maximum absolute atomic E-state index is 12.0. The molecule has 0 heterocycles. The van der Waals surface area contributed by atoms with Gasteiger partial charge in [0.25, 0.3) is 0 Å². The Morgan fingerprint density at radius 2 is 1.33 bits per heavy atom. The lowest BCUT2D eigenvalue weighted by Gasteiger charge is -1.90. The van der Waals surface area contributed by atoms with Gasteiger partial charge in [-0.2, -0.15) is 0 Å². The maximum atomic E-state index is 12.0. The third kappa shape index (κ3) is 3.40. The summed E-state index contributed by atoms with van der Waals surface area (Å²) in [4.78, 5) is 0. The van der Waals surface area contributed by atoms with Gasteiger partial charge in [0.15, 0.2) is 17.5 Å². The van der Waals surface area contributed by atoms with E-state index in [9.17, 15) is 13.2 Å². The van der Waals surface area contributed by atoms with Gasteiger partial charge in [0.1, 0.15) is 0 Å². The molecule has 12 heavy (non-hydrogen) atoms. The lowest BCUT2D eigenvalue weighted by Crippen LogP contribution is -1.86. The van der Waals surface area contributed by atoms with Crippen molar-refractivity contribution in [1.82, 2.24) is 0 Å². The van der Waals surface area contributed by atoms with E-state index in [1.54, 1.807) is 0 Å². The number of halogens is 3. The summed E-state index contributed by atoms with van der Waals surface area (Å²) in [7, 11) is 0. The van der Waals surface area contributed by atoms with Crippen LogP contribution in [-0.4, -0.2) is 17.7 Å². The fourth-order valence-electron chi connectivity index (χ4n) is 0.477. The predicted octanol–water partition coefficient (Wildman–Crippen LogP) is 0.609. The van der Waals surface area contributed by atoms with E-state index in [0.29, 0.717) is 0 Å². The molecule has 0 aliphatic heterocycles. The van der Waals surface area contributed by atoms with Crippen molar-refractivity contribution in [3.05, 3.63) is 35.7 Å². The molecule has 0 spiro atoms. The Bertz CT molecular complexity index is 224. The lowest BCUT2D eigenvalue weighted by molar-refractivity contribution is 0.447. The van der Waals surface area contributed by atoms with E-state index >= 15 is 0 Å². The summed E-state index contributed by atoms with van der Waals surface area (Å²) in [5.74, 6) is -3.73. The van der Waals surface area contributed by atoms with Gasteiger partial charge in [-0.15, -0.1) is 0 Å². The van der Waals surface area contributed by atoms with Crippen LogP contribution in [0.5, 0.6) is 0 Å². The molecule has 2 N–H and O–H groups in total. The summed E-state index contributed by atoms with van der Waals surface area (Å²) in [6.07, 6.45) is 0. The summed E-state index contributed by atoms with van der Waals surface area (Å²) >= 11 is 0. The van der Waals surface area contributed by atoms with E-state index in [0.717, 1.165) is 18.2 Å². The summed E-state index contributed by atoms with van der Waals surface area (Å²) in [5.41, 5.74) is 0. The number of hydrogen-bond acceptors (Lipinski definition) is 2. The fourth-order valence-corrected chi connectivity index (χ4v) is 0.477. The second kappa shape index (κ2) is 5.62. The Kier molecular flexibility index (Phi) is 5.15. The van der Waals surface area contributed by atoms with E-state index < -0.39 is 17.5 Å². The molecule has 0 saturated heterocycles. The van der Waals surface area contributed by atoms with Crippen LogP contribution in [0, 0.1) is 17.5 Å². The third-order valence-corrected chi connectivity index (χ3v) is 0.904. The topological polar surface area (TPSA) is 40.5 Å². The average Bonchev–Trinajstić information content (AvgIpc) is 2.02. The summed E-state index contributed by atoms with van der Waals surface area (Å²) in [5, 5.41) is 14.0. The summed E-state index contributed by atoms with van der Waals surface area (Å²) in [6.45, 7) is 0. The Morgan fingerprint density at radius 1 is 1.00 bits per heavy atom. The molecular weight excluding hydrogens is 172 g/mol. The fraction of sp³-hybridized carbons (Fsp3) is 0. The molecule has 6 heteroatoms. The first-order chi connectivity index (χ1) is 5.63. The van der Waals surface area contributed by atoms with Crippen LogP contribution in [0.4, 0.5) is 13.2 Å². The molecule has 0 saturated carbocycles. The summed E-state index contributed by atoms with van der Waals surface area (Å²) in [6, 6.07) is 2.82. The summed E-state index contributed by atoms with van der Waals surface area (Å²) < 4.78 is 35.9. The zero-order valence-corrected chi connectivity index (χ0v) is 5.84. The molecule has 1 aromatic rings. The van der Waals surface area contributed by atoms with Crippen LogP contribution in [0.2, 0.25) is 0 Å². The van der Waals surface area contributed by atoms with Crippen LogP contribution >= 0.6 is 0 Å². The molecule has 0 bridgehead atoms. The van der Waals surface area contributed by atoms with Crippen molar-refractivity contribution >= 4 is 7.69 Å². The molecule has 0 unspecified atom stereocenters. The first-order valence-corrected chi connectivity index (χ1v) is 2.83. The first-order valence-electron chi connectivity index (χ1n) is 2.83. The Hall–Kier alpha value is -1.01. The van der Waals surface area contributed by atoms with E-state index in [-0.39, 0.29) is 7.69 Å². The van der Waals surface area contributed by atoms with Crippen molar-refractivity contribution in [2.45, 2.75) is 0 Å². The van der Waals surface area contributed by atoms with Gasteiger partial charge < -0.3 is 10.0 Å². The highest BCUT2D eigenvalue weighted by Crippen LogP contribution is 2.07. The van der Waals surface area contributed by atoms with E-state index in [1.165, 1.54) is 0 Å². The first kappa shape index (κ1) is 11.0. The Balaban J connectivity index is 0.000000354. The number of benzene rings is 1. The zero-order chi connectivity index (χ0) is 9.56. The molecule has 0 fully saturated rings. The maximum Gasteiger partial charge on any atom is 0.482 e. The number of hydrogen-bond donors (Lipinski definition) is 2. The van der Waals surface area contributed by atoms with Gasteiger partial charge in [-0.1, -0.05) is 6.07 Å². The molecule has 0 amide bonds. The van der Waals surface area contributed by atoms with Crippen LogP contribution in [0.3, 0.4) is 0 Å². The molecule has 0 aliphatic rings. The molecule has 0 aromatic heterocycles. The minimum absolute atomic E-state index is 0. The van der Waals surface area contributed by atoms with Crippen LogP contribution in [0.25, 0.3) is 0 Å². The second-order valence-corrected chi connectivity index (χ2v) is 1.65. The van der Waals surface area contributed by atoms with Gasteiger partial charge in [0.05, 0.1) is 0 Å². The van der Waals surface area contributed by atoms with Crippen LogP contribution in [0.15, 0.2) is 18.2 Å².